The van der Waals surface area contributed by atoms with Crippen LogP contribution in [-0.4, -0.2) is 36.1 Å². The fourth-order valence-corrected chi connectivity index (χ4v) is 4.08. The average molecular weight is 361 g/mol. The van der Waals surface area contributed by atoms with Gasteiger partial charge in [0.2, 0.25) is 5.91 Å². The molecule has 0 fully saturated rings. The minimum atomic E-state index is -0.000871. The molecule has 3 aromatic rings. The third kappa shape index (κ3) is 3.80. The van der Waals surface area contributed by atoms with Crippen LogP contribution in [-0.2, 0) is 22.4 Å². The normalized spacial score (nSPS) is 11.1. The van der Waals surface area contributed by atoms with Crippen molar-refractivity contribution in [1.82, 2.24) is 9.97 Å². The van der Waals surface area contributed by atoms with Crippen molar-refractivity contribution in [2.24, 2.45) is 0 Å². The maximum atomic E-state index is 12.8. The van der Waals surface area contributed by atoms with Crippen molar-refractivity contribution in [3.8, 4) is 0 Å². The lowest BCUT2D eigenvalue weighted by molar-refractivity contribution is -0.118. The van der Waals surface area contributed by atoms with Crippen molar-refractivity contribution >= 4 is 43.9 Å². The Labute approximate surface area is 148 Å². The highest BCUT2D eigenvalue weighted by Crippen LogP contribution is 2.29. The van der Waals surface area contributed by atoms with E-state index in [0.29, 0.717) is 18.3 Å². The van der Waals surface area contributed by atoms with Crippen LogP contribution in [0.3, 0.4) is 0 Å². The predicted molar refractivity (Wildman–Crippen MR) is 99.0 cm³/mol. The van der Waals surface area contributed by atoms with Gasteiger partial charge in [-0.1, -0.05) is 30.4 Å². The molecule has 0 saturated heterocycles. The minimum absolute atomic E-state index is 0.000871. The third-order valence-corrected chi connectivity index (χ3v) is 5.67. The standard InChI is InChI=1S/C17H19N3O2S2/c1-3-15-18-12(11-23-15)10-16(21)20(8-9-22-2)17-19-13-6-4-5-7-14(13)24-17/h4-7,11H,3,8-10H2,1-2H3. The molecule has 2 heterocycles. The first-order valence-electron chi connectivity index (χ1n) is 7.79. The van der Waals surface area contributed by atoms with Crippen LogP contribution in [0.15, 0.2) is 29.6 Å². The molecule has 126 valence electrons. The number of hydrogen-bond acceptors (Lipinski definition) is 6. The van der Waals surface area contributed by atoms with Gasteiger partial charge < -0.3 is 4.74 Å². The molecule has 0 spiro atoms. The van der Waals surface area contributed by atoms with Crippen LogP contribution >= 0.6 is 22.7 Å². The van der Waals surface area contributed by atoms with Crippen molar-refractivity contribution in [2.45, 2.75) is 19.8 Å². The summed E-state index contributed by atoms with van der Waals surface area (Å²) in [5, 5.41) is 3.73. The number of ether oxygens (including phenoxy) is 1. The van der Waals surface area contributed by atoms with E-state index in [4.69, 9.17) is 4.74 Å². The molecule has 0 N–H and O–H groups in total. The Kier molecular flexibility index (Phi) is 5.55. The van der Waals surface area contributed by atoms with Crippen molar-refractivity contribution < 1.29 is 9.53 Å². The highest BCUT2D eigenvalue weighted by Gasteiger charge is 2.20. The van der Waals surface area contributed by atoms with Gasteiger partial charge in [0.05, 0.1) is 40.5 Å². The minimum Gasteiger partial charge on any atom is -0.383 e. The van der Waals surface area contributed by atoms with Crippen LogP contribution in [0.25, 0.3) is 10.2 Å². The van der Waals surface area contributed by atoms with Crippen LogP contribution in [0, 0.1) is 0 Å². The first-order valence-corrected chi connectivity index (χ1v) is 9.49. The fraction of sp³-hybridized carbons (Fsp3) is 0.353. The second-order valence-corrected chi connectivity index (χ2v) is 7.22. The molecule has 0 bridgehead atoms. The van der Waals surface area contributed by atoms with E-state index in [1.807, 2.05) is 29.6 Å². The monoisotopic (exact) mass is 361 g/mol. The quantitative estimate of drug-likeness (QED) is 0.646. The molecule has 2 aromatic heterocycles. The topological polar surface area (TPSA) is 55.3 Å². The van der Waals surface area contributed by atoms with E-state index in [2.05, 4.69) is 16.9 Å². The van der Waals surface area contributed by atoms with Crippen LogP contribution in [0.1, 0.15) is 17.6 Å². The molecule has 1 amide bonds. The zero-order valence-corrected chi connectivity index (χ0v) is 15.3. The molecular weight excluding hydrogens is 342 g/mol. The number of benzene rings is 1. The largest absolute Gasteiger partial charge is 0.383 e. The number of aryl methyl sites for hydroxylation is 1. The number of thiazole rings is 2. The van der Waals surface area contributed by atoms with Gasteiger partial charge in [0.15, 0.2) is 5.13 Å². The van der Waals surface area contributed by atoms with Gasteiger partial charge in [0.25, 0.3) is 0 Å². The summed E-state index contributed by atoms with van der Waals surface area (Å²) in [5.41, 5.74) is 1.74. The molecule has 24 heavy (non-hydrogen) atoms. The van der Waals surface area contributed by atoms with Gasteiger partial charge in [0.1, 0.15) is 0 Å². The summed E-state index contributed by atoms with van der Waals surface area (Å²) < 4.78 is 6.23. The molecule has 0 saturated carbocycles. The summed E-state index contributed by atoms with van der Waals surface area (Å²) in [6.07, 6.45) is 1.18. The second kappa shape index (κ2) is 7.83. The van der Waals surface area contributed by atoms with Crippen LogP contribution < -0.4 is 4.90 Å². The van der Waals surface area contributed by atoms with E-state index in [1.165, 1.54) is 11.3 Å². The molecule has 0 aliphatic heterocycles. The van der Waals surface area contributed by atoms with Crippen LogP contribution in [0.4, 0.5) is 5.13 Å². The Bertz CT molecular complexity index is 795. The van der Waals surface area contributed by atoms with Gasteiger partial charge in [-0.05, 0) is 18.6 Å². The van der Waals surface area contributed by atoms with Gasteiger partial charge in [-0.25, -0.2) is 9.97 Å². The molecule has 0 aliphatic rings. The number of amides is 1. The summed E-state index contributed by atoms with van der Waals surface area (Å²) in [4.78, 5) is 23.6. The molecular formula is C17H19N3O2S2. The molecule has 3 rings (SSSR count). The lowest BCUT2D eigenvalue weighted by Crippen LogP contribution is -2.35. The summed E-state index contributed by atoms with van der Waals surface area (Å²) in [6.45, 7) is 3.02. The maximum Gasteiger partial charge on any atom is 0.234 e. The predicted octanol–water partition coefficient (Wildman–Crippen LogP) is 3.54. The molecule has 0 atom stereocenters. The van der Waals surface area contributed by atoms with Crippen LogP contribution in [0.2, 0.25) is 0 Å². The first kappa shape index (κ1) is 17.0. The Morgan fingerprint density at radius 3 is 2.83 bits per heavy atom. The maximum absolute atomic E-state index is 12.8. The molecule has 0 aliphatic carbocycles. The molecule has 0 unspecified atom stereocenters. The Morgan fingerprint density at radius 1 is 1.29 bits per heavy atom. The summed E-state index contributed by atoms with van der Waals surface area (Å²) in [7, 11) is 1.63. The zero-order valence-electron chi connectivity index (χ0n) is 13.7. The van der Waals surface area contributed by atoms with Crippen molar-refractivity contribution in [1.29, 1.82) is 0 Å². The van der Waals surface area contributed by atoms with Crippen LogP contribution in [0.5, 0.6) is 0 Å². The number of anilines is 1. The number of fused-ring (bicyclic) bond motifs is 1. The van der Waals surface area contributed by atoms with E-state index in [1.54, 1.807) is 23.3 Å². The van der Waals surface area contributed by atoms with Gasteiger partial charge in [-0.15, -0.1) is 11.3 Å². The Balaban J connectivity index is 1.83. The summed E-state index contributed by atoms with van der Waals surface area (Å²) in [6, 6.07) is 7.91. The molecule has 0 radical (unpaired) electrons. The SMILES string of the molecule is CCc1nc(CC(=O)N(CCOC)c2nc3ccccc3s2)cs1. The van der Waals surface area contributed by atoms with Gasteiger partial charge >= 0.3 is 0 Å². The van der Waals surface area contributed by atoms with E-state index in [9.17, 15) is 4.79 Å². The number of para-hydroxylation sites is 1. The fourth-order valence-electron chi connectivity index (χ4n) is 2.33. The number of carbonyl (C=O) groups is 1. The first-order chi connectivity index (χ1) is 11.7. The van der Waals surface area contributed by atoms with Gasteiger partial charge in [0, 0.05) is 12.5 Å². The number of rotatable bonds is 7. The smallest absolute Gasteiger partial charge is 0.234 e. The van der Waals surface area contributed by atoms with Gasteiger partial charge in [-0.2, -0.15) is 0 Å². The van der Waals surface area contributed by atoms with E-state index < -0.39 is 0 Å². The number of aromatic nitrogens is 2. The summed E-state index contributed by atoms with van der Waals surface area (Å²) >= 11 is 3.13. The molecule has 1 aromatic carbocycles. The number of nitrogens with zero attached hydrogens (tertiary/aromatic N) is 3. The second-order valence-electron chi connectivity index (χ2n) is 5.27. The zero-order chi connectivity index (χ0) is 16.9. The van der Waals surface area contributed by atoms with E-state index in [-0.39, 0.29) is 12.3 Å². The van der Waals surface area contributed by atoms with Crippen molar-refractivity contribution in [3.05, 3.63) is 40.3 Å². The Morgan fingerprint density at radius 2 is 2.12 bits per heavy atom. The van der Waals surface area contributed by atoms with E-state index >= 15 is 0 Å². The third-order valence-electron chi connectivity index (χ3n) is 3.57. The average Bonchev–Trinajstić information content (AvgIpc) is 3.21. The van der Waals surface area contributed by atoms with E-state index in [0.717, 1.165) is 27.3 Å². The van der Waals surface area contributed by atoms with Gasteiger partial charge in [-0.3, -0.25) is 9.69 Å². The molecule has 5 nitrogen and oxygen atoms in total. The lowest BCUT2D eigenvalue weighted by Gasteiger charge is -2.18. The molecule has 7 heteroatoms. The van der Waals surface area contributed by atoms with Crippen molar-refractivity contribution in [2.75, 3.05) is 25.2 Å². The number of methoxy groups -OCH3 is 1. The number of hydrogen-bond donors (Lipinski definition) is 0. The lowest BCUT2D eigenvalue weighted by atomic mass is 10.3. The van der Waals surface area contributed by atoms with Crippen molar-refractivity contribution in [3.63, 3.8) is 0 Å². The Hall–Kier alpha value is -1.83. The number of carbonyl (C=O) groups excluding carboxylic acids is 1. The summed E-state index contributed by atoms with van der Waals surface area (Å²) in [5.74, 6) is -0.000871. The highest BCUT2D eigenvalue weighted by atomic mass is 32.1. The highest BCUT2D eigenvalue weighted by molar-refractivity contribution is 7.22.